The van der Waals surface area contributed by atoms with Gasteiger partial charge < -0.3 is 4.74 Å². The topological polar surface area (TPSA) is 34.5 Å². The van der Waals surface area contributed by atoms with E-state index < -0.39 is 0 Å². The molecule has 1 aliphatic heterocycles. The molecule has 3 aliphatic rings. The molecule has 3 heteroatoms. The zero-order valence-electron chi connectivity index (χ0n) is 15.8. The van der Waals surface area contributed by atoms with Crippen LogP contribution in [0.3, 0.4) is 0 Å². The van der Waals surface area contributed by atoms with E-state index in [4.69, 9.17) is 14.7 Å². The average molecular weight is 341 g/mol. The Morgan fingerprint density at radius 1 is 0.960 bits per heavy atom. The van der Waals surface area contributed by atoms with Gasteiger partial charge in [0.1, 0.15) is 12.3 Å². The second-order valence-electron chi connectivity index (χ2n) is 8.62. The summed E-state index contributed by atoms with van der Waals surface area (Å²) in [6, 6.07) is 6.79. The molecule has 2 saturated carbocycles. The van der Waals surface area contributed by atoms with Crippen molar-refractivity contribution in [3.63, 3.8) is 0 Å². The first kappa shape index (κ1) is 17.1. The second kappa shape index (κ2) is 7.47. The predicted octanol–water partition coefficient (Wildman–Crippen LogP) is 5.35. The maximum Gasteiger partial charge on any atom is 0.235 e. The third-order valence-electron chi connectivity index (χ3n) is 6.59. The molecule has 0 radical (unpaired) electrons. The van der Waals surface area contributed by atoms with Crippen LogP contribution in [0.5, 0.6) is 0 Å². The molecule has 4 rings (SSSR count). The summed E-state index contributed by atoms with van der Waals surface area (Å²) in [6.07, 6.45) is 11.2. The molecule has 136 valence electrons. The van der Waals surface area contributed by atoms with E-state index in [0.29, 0.717) is 18.4 Å². The lowest BCUT2D eigenvalue weighted by Gasteiger charge is -2.29. The molecule has 0 spiro atoms. The lowest BCUT2D eigenvalue weighted by molar-refractivity contribution is 0.290. The Kier molecular flexibility index (Phi) is 5.10. The molecule has 2 fully saturated rings. The van der Waals surface area contributed by atoms with Crippen LogP contribution in [0.25, 0.3) is 0 Å². The number of hydrogen-bond acceptors (Lipinski definition) is 3. The molecule has 0 N–H and O–H groups in total. The van der Waals surface area contributed by atoms with Crippen LogP contribution < -0.4 is 0 Å². The maximum atomic E-state index is 5.89. The zero-order chi connectivity index (χ0) is 17.2. The van der Waals surface area contributed by atoms with Crippen molar-refractivity contribution in [1.82, 2.24) is 4.98 Å². The third-order valence-corrected chi connectivity index (χ3v) is 6.59. The Bertz CT molecular complexity index is 596. The lowest BCUT2D eigenvalue weighted by Crippen LogP contribution is -2.20. The second-order valence-corrected chi connectivity index (χ2v) is 8.62. The van der Waals surface area contributed by atoms with E-state index in [2.05, 4.69) is 32.0 Å². The first-order valence-electron chi connectivity index (χ1n) is 10.4. The molecule has 0 amide bonds. The van der Waals surface area contributed by atoms with Crippen LogP contribution in [-0.4, -0.2) is 23.5 Å². The Hall–Kier alpha value is -1.38. The van der Waals surface area contributed by atoms with E-state index in [9.17, 15) is 0 Å². The van der Waals surface area contributed by atoms with Crippen molar-refractivity contribution in [3.8, 4) is 0 Å². The van der Waals surface area contributed by atoms with Crippen molar-refractivity contribution >= 4 is 5.90 Å². The molecule has 1 aromatic heterocycles. The molecule has 1 aromatic rings. The molecular weight excluding hydrogens is 308 g/mol. The smallest absolute Gasteiger partial charge is 0.235 e. The first-order chi connectivity index (χ1) is 12.2. The number of hydrogen-bond donors (Lipinski definition) is 0. The van der Waals surface area contributed by atoms with Gasteiger partial charge in [-0.15, -0.1) is 0 Å². The van der Waals surface area contributed by atoms with E-state index in [1.165, 1.54) is 57.1 Å². The molecule has 0 aromatic carbocycles. The molecule has 2 aliphatic carbocycles. The van der Waals surface area contributed by atoms with Gasteiger partial charge in [0.05, 0.1) is 6.04 Å². The van der Waals surface area contributed by atoms with Crippen LogP contribution in [0, 0.1) is 17.8 Å². The Morgan fingerprint density at radius 2 is 1.60 bits per heavy atom. The van der Waals surface area contributed by atoms with Crippen LogP contribution in [0.4, 0.5) is 0 Å². The molecule has 3 nitrogen and oxygen atoms in total. The van der Waals surface area contributed by atoms with Gasteiger partial charge in [-0.3, -0.25) is 0 Å². The van der Waals surface area contributed by atoms with Crippen LogP contribution in [0.2, 0.25) is 0 Å². The van der Waals surface area contributed by atoms with Gasteiger partial charge in [0.2, 0.25) is 5.90 Å². The van der Waals surface area contributed by atoms with Crippen molar-refractivity contribution in [3.05, 3.63) is 29.6 Å². The minimum atomic E-state index is 0.279. The van der Waals surface area contributed by atoms with Crippen LogP contribution in [0.1, 0.15) is 82.5 Å². The standard InChI is InChI=1S/C22H32N2O/c1-15(2)20-14-25-22(24-20)19-13-7-12-18(23-19)21(16-8-3-4-9-16)17-10-5-6-11-17/h7,12-13,15-17,20-21H,3-6,8-11,14H2,1-2H3/t20-/m0/s1. The fourth-order valence-electron chi connectivity index (χ4n) is 5.13. The Morgan fingerprint density at radius 3 is 2.16 bits per heavy atom. The van der Waals surface area contributed by atoms with Gasteiger partial charge in [-0.1, -0.05) is 45.6 Å². The van der Waals surface area contributed by atoms with Crippen LogP contribution in [-0.2, 0) is 4.74 Å². The van der Waals surface area contributed by atoms with Gasteiger partial charge in [0.25, 0.3) is 0 Å². The summed E-state index contributed by atoms with van der Waals surface area (Å²) >= 11 is 0. The highest BCUT2D eigenvalue weighted by Crippen LogP contribution is 2.46. The highest BCUT2D eigenvalue weighted by atomic mass is 16.5. The van der Waals surface area contributed by atoms with E-state index in [0.717, 1.165) is 23.4 Å². The number of pyridine rings is 1. The van der Waals surface area contributed by atoms with E-state index >= 15 is 0 Å². The van der Waals surface area contributed by atoms with Crippen molar-refractivity contribution in [2.24, 2.45) is 22.7 Å². The number of aromatic nitrogens is 1. The summed E-state index contributed by atoms with van der Waals surface area (Å²) in [4.78, 5) is 9.87. The molecule has 0 bridgehead atoms. The Labute approximate surface area is 152 Å². The summed E-state index contributed by atoms with van der Waals surface area (Å²) in [6.45, 7) is 5.12. The molecular formula is C22H32N2O. The highest BCUT2D eigenvalue weighted by Gasteiger charge is 2.35. The number of nitrogens with zero attached hydrogens (tertiary/aromatic N) is 2. The van der Waals surface area contributed by atoms with Crippen molar-refractivity contribution in [1.29, 1.82) is 0 Å². The molecule has 0 saturated heterocycles. The van der Waals surface area contributed by atoms with Gasteiger partial charge in [-0.2, -0.15) is 0 Å². The minimum Gasteiger partial charge on any atom is -0.474 e. The minimum absolute atomic E-state index is 0.279. The number of rotatable bonds is 5. The zero-order valence-corrected chi connectivity index (χ0v) is 15.8. The summed E-state index contributed by atoms with van der Waals surface area (Å²) in [5, 5.41) is 0. The van der Waals surface area contributed by atoms with Gasteiger partial charge in [0, 0.05) is 11.6 Å². The average Bonchev–Trinajstić information content (AvgIpc) is 3.38. The Balaban J connectivity index is 1.61. The van der Waals surface area contributed by atoms with Crippen molar-refractivity contribution in [2.75, 3.05) is 6.61 Å². The highest BCUT2D eigenvalue weighted by molar-refractivity contribution is 5.93. The van der Waals surface area contributed by atoms with Crippen molar-refractivity contribution < 1.29 is 4.74 Å². The summed E-state index contributed by atoms with van der Waals surface area (Å²) in [7, 11) is 0. The number of ether oxygens (including phenoxy) is 1. The largest absolute Gasteiger partial charge is 0.474 e. The van der Waals surface area contributed by atoms with Crippen LogP contribution in [0.15, 0.2) is 23.2 Å². The molecule has 2 heterocycles. The maximum absolute atomic E-state index is 5.89. The van der Waals surface area contributed by atoms with Crippen LogP contribution >= 0.6 is 0 Å². The fraction of sp³-hybridized carbons (Fsp3) is 0.727. The number of aliphatic imine (C=N–C) groups is 1. The quantitative estimate of drug-likeness (QED) is 0.724. The first-order valence-corrected chi connectivity index (χ1v) is 10.4. The van der Waals surface area contributed by atoms with E-state index in [1.54, 1.807) is 0 Å². The van der Waals surface area contributed by atoms with Gasteiger partial charge >= 0.3 is 0 Å². The fourth-order valence-corrected chi connectivity index (χ4v) is 5.13. The normalized spacial score (nSPS) is 25.1. The SMILES string of the molecule is CC(C)[C@@H]1COC(c2cccc(C(C3CCCC3)C3CCCC3)n2)=N1. The van der Waals surface area contributed by atoms with Crippen molar-refractivity contribution in [2.45, 2.75) is 77.2 Å². The molecule has 25 heavy (non-hydrogen) atoms. The van der Waals surface area contributed by atoms with Gasteiger partial charge in [-0.05, 0) is 55.6 Å². The molecule has 0 unspecified atom stereocenters. The summed E-state index contributed by atoms with van der Waals surface area (Å²) in [5.74, 6) is 3.59. The van der Waals surface area contributed by atoms with E-state index in [1.807, 2.05) is 0 Å². The molecule has 1 atom stereocenters. The van der Waals surface area contributed by atoms with Gasteiger partial charge in [0.15, 0.2) is 0 Å². The predicted molar refractivity (Wildman–Crippen MR) is 102 cm³/mol. The lowest BCUT2D eigenvalue weighted by atomic mass is 9.77. The van der Waals surface area contributed by atoms with E-state index in [-0.39, 0.29) is 6.04 Å². The third kappa shape index (κ3) is 3.61. The summed E-state index contributed by atoms with van der Waals surface area (Å²) < 4.78 is 5.89. The monoisotopic (exact) mass is 340 g/mol. The summed E-state index contributed by atoms with van der Waals surface area (Å²) in [5.41, 5.74) is 2.25. The van der Waals surface area contributed by atoms with Gasteiger partial charge in [-0.25, -0.2) is 9.98 Å².